The summed E-state index contributed by atoms with van der Waals surface area (Å²) in [6, 6.07) is 12.4. The minimum Gasteiger partial charge on any atom is -0.336 e. The maximum atomic E-state index is 14.0. The van der Waals surface area contributed by atoms with Crippen LogP contribution in [0.25, 0.3) is 11.1 Å². The number of nitrogens with zero attached hydrogens (tertiary/aromatic N) is 2. The number of piperazine rings is 1. The van der Waals surface area contributed by atoms with Crippen molar-refractivity contribution in [1.29, 1.82) is 0 Å². The zero-order valence-electron chi connectivity index (χ0n) is 15.4. The SMILES string of the molecule is CC(C)N1CCN(C(=O)c2ccc(-c3cc(Cl)ccc3F)cc2)C[C@H]1C. The average Bonchev–Trinajstić information content (AvgIpc) is 2.63. The molecule has 0 aliphatic carbocycles. The van der Waals surface area contributed by atoms with E-state index in [9.17, 15) is 9.18 Å². The molecule has 1 aliphatic rings. The van der Waals surface area contributed by atoms with Crippen LogP contribution in [-0.4, -0.2) is 47.4 Å². The molecule has 1 heterocycles. The van der Waals surface area contributed by atoms with Crippen LogP contribution in [0.5, 0.6) is 0 Å². The lowest BCUT2D eigenvalue weighted by Crippen LogP contribution is -2.55. The van der Waals surface area contributed by atoms with E-state index in [1.165, 1.54) is 12.1 Å². The molecule has 0 unspecified atom stereocenters. The van der Waals surface area contributed by atoms with Crippen molar-refractivity contribution in [2.45, 2.75) is 32.9 Å². The van der Waals surface area contributed by atoms with E-state index < -0.39 is 0 Å². The van der Waals surface area contributed by atoms with E-state index in [0.29, 0.717) is 33.8 Å². The Labute approximate surface area is 159 Å². The van der Waals surface area contributed by atoms with E-state index in [1.807, 2.05) is 4.90 Å². The number of benzene rings is 2. The van der Waals surface area contributed by atoms with E-state index in [2.05, 4.69) is 25.7 Å². The van der Waals surface area contributed by atoms with Crippen LogP contribution in [0.3, 0.4) is 0 Å². The molecule has 1 atom stereocenters. The fraction of sp³-hybridized carbons (Fsp3) is 0.381. The predicted octanol–water partition coefficient (Wildman–Crippen LogP) is 4.70. The number of rotatable bonds is 3. The van der Waals surface area contributed by atoms with Crippen LogP contribution >= 0.6 is 11.6 Å². The lowest BCUT2D eigenvalue weighted by atomic mass is 10.0. The van der Waals surface area contributed by atoms with Gasteiger partial charge >= 0.3 is 0 Å². The van der Waals surface area contributed by atoms with Gasteiger partial charge in [-0.15, -0.1) is 0 Å². The van der Waals surface area contributed by atoms with Crippen molar-refractivity contribution >= 4 is 17.5 Å². The van der Waals surface area contributed by atoms with Crippen molar-refractivity contribution in [2.75, 3.05) is 19.6 Å². The van der Waals surface area contributed by atoms with Crippen LogP contribution < -0.4 is 0 Å². The number of halogens is 2. The molecule has 3 nitrogen and oxygen atoms in total. The first-order valence-corrected chi connectivity index (χ1v) is 9.35. The van der Waals surface area contributed by atoms with E-state index in [4.69, 9.17) is 11.6 Å². The number of amides is 1. The molecule has 2 aromatic rings. The first-order valence-electron chi connectivity index (χ1n) is 8.97. The van der Waals surface area contributed by atoms with Gasteiger partial charge in [0.2, 0.25) is 0 Å². The summed E-state index contributed by atoms with van der Waals surface area (Å²) in [6.07, 6.45) is 0. The van der Waals surface area contributed by atoms with Crippen LogP contribution in [0.15, 0.2) is 42.5 Å². The van der Waals surface area contributed by atoms with Gasteiger partial charge in [-0.05, 0) is 56.7 Å². The highest BCUT2D eigenvalue weighted by atomic mass is 35.5. The molecule has 5 heteroatoms. The van der Waals surface area contributed by atoms with E-state index in [1.54, 1.807) is 30.3 Å². The van der Waals surface area contributed by atoms with Gasteiger partial charge in [-0.3, -0.25) is 9.69 Å². The van der Waals surface area contributed by atoms with Crippen molar-refractivity contribution in [3.8, 4) is 11.1 Å². The van der Waals surface area contributed by atoms with Gasteiger partial charge in [-0.25, -0.2) is 4.39 Å². The molecule has 3 rings (SSSR count). The Bertz CT molecular complexity index is 791. The van der Waals surface area contributed by atoms with Crippen LogP contribution in [-0.2, 0) is 0 Å². The van der Waals surface area contributed by atoms with Crippen molar-refractivity contribution in [3.63, 3.8) is 0 Å². The van der Waals surface area contributed by atoms with Gasteiger partial charge in [-0.2, -0.15) is 0 Å². The molecule has 0 bridgehead atoms. The van der Waals surface area contributed by atoms with Gasteiger partial charge in [-0.1, -0.05) is 23.7 Å². The largest absolute Gasteiger partial charge is 0.336 e. The molecule has 0 spiro atoms. The second-order valence-electron chi connectivity index (χ2n) is 7.13. The van der Waals surface area contributed by atoms with Crippen LogP contribution in [0.4, 0.5) is 4.39 Å². The summed E-state index contributed by atoms with van der Waals surface area (Å²) in [5.41, 5.74) is 1.77. The summed E-state index contributed by atoms with van der Waals surface area (Å²) >= 11 is 5.97. The molecule has 1 saturated heterocycles. The molecular weight excluding hydrogens is 351 g/mol. The van der Waals surface area contributed by atoms with Crippen LogP contribution in [0, 0.1) is 5.82 Å². The zero-order valence-corrected chi connectivity index (χ0v) is 16.1. The fourth-order valence-electron chi connectivity index (χ4n) is 3.62. The molecule has 0 saturated carbocycles. The Hall–Kier alpha value is -1.91. The molecule has 0 radical (unpaired) electrons. The Balaban J connectivity index is 1.75. The fourth-order valence-corrected chi connectivity index (χ4v) is 3.79. The summed E-state index contributed by atoms with van der Waals surface area (Å²) < 4.78 is 14.0. The Morgan fingerprint density at radius 2 is 1.85 bits per heavy atom. The van der Waals surface area contributed by atoms with Gasteiger partial charge in [0.05, 0.1) is 0 Å². The van der Waals surface area contributed by atoms with Crippen LogP contribution in [0.1, 0.15) is 31.1 Å². The van der Waals surface area contributed by atoms with E-state index in [-0.39, 0.29) is 11.7 Å². The smallest absolute Gasteiger partial charge is 0.253 e. The molecule has 1 amide bonds. The van der Waals surface area contributed by atoms with Gasteiger partial charge in [0.25, 0.3) is 5.91 Å². The molecular formula is C21H24ClFN2O. The quantitative estimate of drug-likeness (QED) is 0.777. The monoisotopic (exact) mass is 374 g/mol. The van der Waals surface area contributed by atoms with E-state index in [0.717, 1.165) is 19.6 Å². The average molecular weight is 375 g/mol. The van der Waals surface area contributed by atoms with E-state index >= 15 is 0 Å². The molecule has 2 aromatic carbocycles. The summed E-state index contributed by atoms with van der Waals surface area (Å²) in [6.45, 7) is 8.86. The minimum absolute atomic E-state index is 0.0263. The van der Waals surface area contributed by atoms with Gasteiger partial charge in [0.1, 0.15) is 5.82 Å². The Kier molecular flexibility index (Phi) is 5.64. The molecule has 1 aliphatic heterocycles. The maximum Gasteiger partial charge on any atom is 0.253 e. The second-order valence-corrected chi connectivity index (χ2v) is 7.57. The highest BCUT2D eigenvalue weighted by molar-refractivity contribution is 6.30. The van der Waals surface area contributed by atoms with Gasteiger partial charge in [0.15, 0.2) is 0 Å². The van der Waals surface area contributed by atoms with Crippen LogP contribution in [0.2, 0.25) is 5.02 Å². The second kappa shape index (κ2) is 7.77. The van der Waals surface area contributed by atoms with Crippen molar-refractivity contribution in [1.82, 2.24) is 9.80 Å². The number of hydrogen-bond donors (Lipinski definition) is 0. The van der Waals surface area contributed by atoms with Crippen molar-refractivity contribution in [2.24, 2.45) is 0 Å². The number of carbonyl (C=O) groups is 1. The number of hydrogen-bond acceptors (Lipinski definition) is 2. The van der Waals surface area contributed by atoms with Crippen molar-refractivity contribution in [3.05, 3.63) is 58.9 Å². The summed E-state index contributed by atoms with van der Waals surface area (Å²) in [4.78, 5) is 17.1. The lowest BCUT2D eigenvalue weighted by molar-refractivity contribution is 0.0426. The zero-order chi connectivity index (χ0) is 18.8. The van der Waals surface area contributed by atoms with Crippen molar-refractivity contribution < 1.29 is 9.18 Å². The molecule has 138 valence electrons. The first-order chi connectivity index (χ1) is 12.4. The lowest BCUT2D eigenvalue weighted by Gasteiger charge is -2.42. The Morgan fingerprint density at radius 3 is 2.46 bits per heavy atom. The highest BCUT2D eigenvalue weighted by Crippen LogP contribution is 2.26. The van der Waals surface area contributed by atoms with Gasteiger partial charge < -0.3 is 4.90 Å². The maximum absolute atomic E-state index is 14.0. The van der Waals surface area contributed by atoms with Gasteiger partial charge in [0, 0.05) is 47.9 Å². The molecule has 0 aromatic heterocycles. The molecule has 1 fully saturated rings. The normalized spacial score (nSPS) is 18.4. The summed E-state index contributed by atoms with van der Waals surface area (Å²) in [5.74, 6) is -0.300. The highest BCUT2D eigenvalue weighted by Gasteiger charge is 2.28. The minimum atomic E-state index is -0.327. The topological polar surface area (TPSA) is 23.6 Å². The first kappa shape index (κ1) is 18.9. The Morgan fingerprint density at radius 1 is 1.15 bits per heavy atom. The third kappa shape index (κ3) is 3.92. The third-order valence-electron chi connectivity index (χ3n) is 5.00. The number of carbonyl (C=O) groups excluding carboxylic acids is 1. The third-order valence-corrected chi connectivity index (χ3v) is 5.24. The predicted molar refractivity (Wildman–Crippen MR) is 104 cm³/mol. The summed E-state index contributed by atoms with van der Waals surface area (Å²) in [7, 11) is 0. The summed E-state index contributed by atoms with van der Waals surface area (Å²) in [5, 5.41) is 0.485. The molecule has 0 N–H and O–H groups in total. The molecule has 26 heavy (non-hydrogen) atoms. The standard InChI is InChI=1S/C21H24ClFN2O/c1-14(2)25-11-10-24(13-15(25)3)21(26)17-6-4-16(5-7-17)19-12-18(22)8-9-20(19)23/h4-9,12,14-15H,10-11,13H2,1-3H3/t15-/m1/s1.